The van der Waals surface area contributed by atoms with Crippen LogP contribution in [0.3, 0.4) is 0 Å². The standard InChI is InChI=1S/C19H20N4OS2.ClH/c1-25-10-7-16(20)18(24)23-19-22-17(12-26-19)15-4-2-3-14(11-15)13-5-8-21-9-6-13;/h2-6,8-9,11-12,16H,7,10,20H2,1H3,(H,22,23,24);1H. The lowest BCUT2D eigenvalue weighted by Crippen LogP contribution is -2.36. The summed E-state index contributed by atoms with van der Waals surface area (Å²) in [6.07, 6.45) is 6.20. The van der Waals surface area contributed by atoms with E-state index in [0.717, 1.165) is 28.1 Å². The van der Waals surface area contributed by atoms with Crippen molar-refractivity contribution < 1.29 is 4.79 Å². The quantitative estimate of drug-likeness (QED) is 0.595. The van der Waals surface area contributed by atoms with Gasteiger partial charge >= 0.3 is 0 Å². The smallest absolute Gasteiger partial charge is 0.243 e. The lowest BCUT2D eigenvalue weighted by atomic mass is 10.0. The van der Waals surface area contributed by atoms with Crippen molar-refractivity contribution in [1.82, 2.24) is 9.97 Å². The highest BCUT2D eigenvalue weighted by Gasteiger charge is 2.15. The Hall–Kier alpha value is -1.93. The average molecular weight is 421 g/mol. The van der Waals surface area contributed by atoms with Crippen LogP contribution in [0.25, 0.3) is 22.4 Å². The van der Waals surface area contributed by atoms with E-state index in [1.54, 1.807) is 24.2 Å². The average Bonchev–Trinajstić information content (AvgIpc) is 3.15. The van der Waals surface area contributed by atoms with E-state index in [2.05, 4.69) is 27.4 Å². The van der Waals surface area contributed by atoms with Gasteiger partial charge in [0.1, 0.15) is 0 Å². The summed E-state index contributed by atoms with van der Waals surface area (Å²) in [4.78, 5) is 20.7. The first kappa shape index (κ1) is 21.4. The van der Waals surface area contributed by atoms with Gasteiger partial charge in [0, 0.05) is 23.3 Å². The first-order valence-electron chi connectivity index (χ1n) is 8.19. The van der Waals surface area contributed by atoms with Crippen molar-refractivity contribution in [3.05, 3.63) is 54.2 Å². The number of carbonyl (C=O) groups is 1. The molecule has 1 atom stereocenters. The Bertz CT molecular complexity index is 873. The summed E-state index contributed by atoms with van der Waals surface area (Å²) in [7, 11) is 0. The van der Waals surface area contributed by atoms with Crippen molar-refractivity contribution in [3.63, 3.8) is 0 Å². The number of thiazole rings is 1. The molecule has 3 aromatic rings. The van der Waals surface area contributed by atoms with Crippen molar-refractivity contribution in [3.8, 4) is 22.4 Å². The minimum absolute atomic E-state index is 0. The molecule has 0 aliphatic carbocycles. The topological polar surface area (TPSA) is 80.9 Å². The van der Waals surface area contributed by atoms with Gasteiger partial charge in [0.2, 0.25) is 5.91 Å². The van der Waals surface area contributed by atoms with E-state index in [9.17, 15) is 4.79 Å². The Kier molecular flexibility index (Phi) is 8.24. The van der Waals surface area contributed by atoms with Crippen LogP contribution in [0.15, 0.2) is 54.2 Å². The van der Waals surface area contributed by atoms with Crippen LogP contribution in [0.4, 0.5) is 5.13 Å². The van der Waals surface area contributed by atoms with Crippen molar-refractivity contribution in [1.29, 1.82) is 0 Å². The number of rotatable bonds is 7. The van der Waals surface area contributed by atoms with Crippen LogP contribution in [-0.2, 0) is 4.79 Å². The maximum absolute atomic E-state index is 12.1. The second kappa shape index (κ2) is 10.4. The van der Waals surface area contributed by atoms with Crippen LogP contribution in [0.2, 0.25) is 0 Å². The predicted molar refractivity (Wildman–Crippen MR) is 118 cm³/mol. The van der Waals surface area contributed by atoms with Crippen LogP contribution in [-0.4, -0.2) is 33.9 Å². The number of thioether (sulfide) groups is 1. The zero-order valence-corrected chi connectivity index (χ0v) is 17.2. The molecular formula is C19H21ClN4OS2. The van der Waals surface area contributed by atoms with Gasteiger partial charge in [-0.3, -0.25) is 9.78 Å². The molecule has 0 aliphatic heterocycles. The van der Waals surface area contributed by atoms with Crippen molar-refractivity contribution in [2.75, 3.05) is 17.3 Å². The van der Waals surface area contributed by atoms with Crippen LogP contribution < -0.4 is 11.1 Å². The summed E-state index contributed by atoms with van der Waals surface area (Å²) in [6.45, 7) is 0. The van der Waals surface area contributed by atoms with Crippen LogP contribution in [0.1, 0.15) is 6.42 Å². The number of benzene rings is 1. The minimum atomic E-state index is -0.509. The summed E-state index contributed by atoms with van der Waals surface area (Å²) >= 11 is 3.08. The monoisotopic (exact) mass is 420 g/mol. The Balaban J connectivity index is 0.00000261. The second-order valence-corrected chi connectivity index (χ2v) is 7.58. The Morgan fingerprint density at radius 2 is 1.96 bits per heavy atom. The SMILES string of the molecule is CSCCC(N)C(=O)Nc1nc(-c2cccc(-c3ccncc3)c2)cs1.Cl. The number of amides is 1. The van der Waals surface area contributed by atoms with Gasteiger partial charge in [-0.25, -0.2) is 4.98 Å². The first-order valence-corrected chi connectivity index (χ1v) is 10.5. The Labute approximate surface area is 173 Å². The molecule has 0 bridgehead atoms. The molecule has 0 fully saturated rings. The van der Waals surface area contributed by atoms with Gasteiger partial charge in [-0.1, -0.05) is 18.2 Å². The molecule has 1 unspecified atom stereocenters. The first-order chi connectivity index (χ1) is 12.7. The van der Waals surface area contributed by atoms with Gasteiger partial charge in [0.25, 0.3) is 0 Å². The minimum Gasteiger partial charge on any atom is -0.320 e. The molecule has 5 nitrogen and oxygen atoms in total. The Morgan fingerprint density at radius 3 is 2.70 bits per heavy atom. The summed E-state index contributed by atoms with van der Waals surface area (Å²) < 4.78 is 0. The molecule has 3 rings (SSSR count). The highest BCUT2D eigenvalue weighted by Crippen LogP contribution is 2.28. The number of nitrogens with zero attached hydrogens (tertiary/aromatic N) is 2. The van der Waals surface area contributed by atoms with E-state index in [0.29, 0.717) is 11.6 Å². The van der Waals surface area contributed by atoms with Gasteiger partial charge in [0.15, 0.2) is 5.13 Å². The number of anilines is 1. The van der Waals surface area contributed by atoms with Gasteiger partial charge in [0.05, 0.1) is 11.7 Å². The molecule has 0 aliphatic rings. The highest BCUT2D eigenvalue weighted by atomic mass is 35.5. The fraction of sp³-hybridized carbons (Fsp3) is 0.211. The Morgan fingerprint density at radius 1 is 1.22 bits per heavy atom. The van der Waals surface area contributed by atoms with E-state index >= 15 is 0 Å². The maximum atomic E-state index is 12.1. The summed E-state index contributed by atoms with van der Waals surface area (Å²) in [5.74, 6) is 0.671. The number of carbonyl (C=O) groups excluding carboxylic acids is 1. The third kappa shape index (κ3) is 5.77. The third-order valence-electron chi connectivity index (χ3n) is 3.88. The molecule has 0 spiro atoms. The number of halogens is 1. The molecular weight excluding hydrogens is 400 g/mol. The molecule has 2 aromatic heterocycles. The lowest BCUT2D eigenvalue weighted by Gasteiger charge is -2.09. The molecule has 0 saturated heterocycles. The number of nitrogens with two attached hydrogens (primary N) is 1. The van der Waals surface area contributed by atoms with E-state index in [-0.39, 0.29) is 18.3 Å². The molecule has 8 heteroatoms. The molecule has 0 radical (unpaired) electrons. The molecule has 1 amide bonds. The largest absolute Gasteiger partial charge is 0.320 e. The van der Waals surface area contributed by atoms with E-state index < -0.39 is 6.04 Å². The molecule has 27 heavy (non-hydrogen) atoms. The van der Waals surface area contributed by atoms with E-state index in [4.69, 9.17) is 5.73 Å². The molecule has 142 valence electrons. The van der Waals surface area contributed by atoms with Gasteiger partial charge in [-0.05, 0) is 47.8 Å². The van der Waals surface area contributed by atoms with Crippen molar-refractivity contribution >= 4 is 46.5 Å². The summed E-state index contributed by atoms with van der Waals surface area (Å²) in [5, 5.41) is 5.32. The van der Waals surface area contributed by atoms with E-state index in [1.165, 1.54) is 11.3 Å². The van der Waals surface area contributed by atoms with Crippen LogP contribution >= 0.6 is 35.5 Å². The maximum Gasteiger partial charge on any atom is 0.243 e. The van der Waals surface area contributed by atoms with Gasteiger partial charge in [-0.15, -0.1) is 23.7 Å². The number of hydrogen-bond donors (Lipinski definition) is 2. The molecule has 1 aromatic carbocycles. The zero-order chi connectivity index (χ0) is 18.4. The predicted octanol–water partition coefficient (Wildman–Crippen LogP) is 4.31. The molecule has 3 N–H and O–H groups in total. The van der Waals surface area contributed by atoms with Crippen LogP contribution in [0, 0.1) is 0 Å². The van der Waals surface area contributed by atoms with Crippen molar-refractivity contribution in [2.45, 2.75) is 12.5 Å². The van der Waals surface area contributed by atoms with Gasteiger partial charge in [-0.2, -0.15) is 11.8 Å². The molecule has 2 heterocycles. The second-order valence-electron chi connectivity index (χ2n) is 5.73. The number of pyridine rings is 1. The van der Waals surface area contributed by atoms with Crippen molar-refractivity contribution in [2.24, 2.45) is 5.73 Å². The number of hydrogen-bond acceptors (Lipinski definition) is 6. The van der Waals surface area contributed by atoms with E-state index in [1.807, 2.05) is 35.9 Å². The highest BCUT2D eigenvalue weighted by molar-refractivity contribution is 7.98. The number of aromatic nitrogens is 2. The van der Waals surface area contributed by atoms with Crippen LogP contribution in [0.5, 0.6) is 0 Å². The summed E-state index contributed by atoms with van der Waals surface area (Å²) in [5.41, 5.74) is 9.94. The lowest BCUT2D eigenvalue weighted by molar-refractivity contribution is -0.117. The summed E-state index contributed by atoms with van der Waals surface area (Å²) in [6, 6.07) is 11.6. The normalized spacial score (nSPS) is 11.5. The number of nitrogens with one attached hydrogen (secondary N) is 1. The zero-order valence-electron chi connectivity index (χ0n) is 14.8. The fourth-order valence-corrected chi connectivity index (χ4v) is 3.65. The fourth-order valence-electron chi connectivity index (χ4n) is 2.44. The third-order valence-corrected chi connectivity index (χ3v) is 5.28. The molecule has 0 saturated carbocycles. The van der Waals surface area contributed by atoms with Gasteiger partial charge < -0.3 is 11.1 Å².